The van der Waals surface area contributed by atoms with Crippen LogP contribution in [0.3, 0.4) is 0 Å². The van der Waals surface area contributed by atoms with E-state index in [4.69, 9.17) is 16.3 Å². The van der Waals surface area contributed by atoms with Gasteiger partial charge in [-0.2, -0.15) is 0 Å². The van der Waals surface area contributed by atoms with Crippen LogP contribution in [0.2, 0.25) is 5.02 Å². The fourth-order valence-electron chi connectivity index (χ4n) is 2.13. The molecule has 0 aliphatic rings. The van der Waals surface area contributed by atoms with Crippen LogP contribution in [-0.4, -0.2) is 44.2 Å². The summed E-state index contributed by atoms with van der Waals surface area (Å²) in [6.07, 6.45) is 2.73. The van der Waals surface area contributed by atoms with Crippen LogP contribution in [0, 0.1) is 0 Å². The van der Waals surface area contributed by atoms with Crippen LogP contribution >= 0.6 is 11.6 Å². The van der Waals surface area contributed by atoms with Gasteiger partial charge in [0.15, 0.2) is 0 Å². The number of H-pyrrole nitrogens is 1. The predicted octanol–water partition coefficient (Wildman–Crippen LogP) is 1.72. The van der Waals surface area contributed by atoms with E-state index in [1.54, 1.807) is 7.11 Å². The molecule has 0 fully saturated rings. The Labute approximate surface area is 129 Å². The second-order valence-electron chi connectivity index (χ2n) is 4.77. The number of carbonyl (C=O) groups is 1. The molecule has 0 bridgehead atoms. The molecule has 0 aliphatic heterocycles. The molecular weight excluding hydrogens is 290 g/mol. The second kappa shape index (κ2) is 8.02. The zero-order chi connectivity index (χ0) is 15.1. The van der Waals surface area contributed by atoms with Crippen LogP contribution < -0.4 is 10.6 Å². The van der Waals surface area contributed by atoms with Crippen molar-refractivity contribution in [2.45, 2.75) is 6.42 Å². The van der Waals surface area contributed by atoms with Gasteiger partial charge in [-0.05, 0) is 30.2 Å². The molecule has 2 aromatic rings. The summed E-state index contributed by atoms with van der Waals surface area (Å²) < 4.78 is 4.90. The van der Waals surface area contributed by atoms with E-state index in [2.05, 4.69) is 15.6 Å². The summed E-state index contributed by atoms with van der Waals surface area (Å²) in [6, 6.07) is 5.76. The lowest BCUT2D eigenvalue weighted by atomic mass is 10.1. The monoisotopic (exact) mass is 309 g/mol. The number of amides is 1. The lowest BCUT2D eigenvalue weighted by Crippen LogP contribution is -2.36. The molecule has 0 saturated carbocycles. The number of aromatic nitrogens is 1. The van der Waals surface area contributed by atoms with E-state index in [-0.39, 0.29) is 5.91 Å². The maximum atomic E-state index is 11.6. The lowest BCUT2D eigenvalue weighted by Gasteiger charge is -2.06. The average molecular weight is 310 g/mol. The molecule has 2 rings (SSSR count). The first-order chi connectivity index (χ1) is 10.2. The third kappa shape index (κ3) is 4.74. The first kappa shape index (κ1) is 15.8. The first-order valence-corrected chi connectivity index (χ1v) is 7.30. The van der Waals surface area contributed by atoms with Gasteiger partial charge in [-0.3, -0.25) is 4.79 Å². The first-order valence-electron chi connectivity index (χ1n) is 6.92. The van der Waals surface area contributed by atoms with Gasteiger partial charge in [0, 0.05) is 42.3 Å². The Morgan fingerprint density at radius 3 is 3.05 bits per heavy atom. The van der Waals surface area contributed by atoms with Crippen molar-refractivity contribution in [2.75, 3.05) is 33.4 Å². The molecule has 1 aromatic heterocycles. The highest BCUT2D eigenvalue weighted by atomic mass is 35.5. The quantitative estimate of drug-likeness (QED) is 0.651. The Morgan fingerprint density at radius 1 is 1.38 bits per heavy atom. The molecule has 5 nitrogen and oxygen atoms in total. The SMILES string of the molecule is COCCNCC(=O)NCCc1c[nH]c2ccc(Cl)cc12. The van der Waals surface area contributed by atoms with Crippen molar-refractivity contribution < 1.29 is 9.53 Å². The van der Waals surface area contributed by atoms with E-state index in [0.717, 1.165) is 27.9 Å². The van der Waals surface area contributed by atoms with Crippen molar-refractivity contribution in [2.24, 2.45) is 0 Å². The second-order valence-corrected chi connectivity index (χ2v) is 5.21. The molecule has 0 unspecified atom stereocenters. The van der Waals surface area contributed by atoms with E-state index >= 15 is 0 Å². The van der Waals surface area contributed by atoms with Crippen LogP contribution in [0.5, 0.6) is 0 Å². The van der Waals surface area contributed by atoms with Gasteiger partial charge in [-0.25, -0.2) is 0 Å². The molecular formula is C15H20ClN3O2. The standard InChI is InChI=1S/C15H20ClN3O2/c1-21-7-6-17-10-15(20)18-5-4-11-9-19-14-3-2-12(16)8-13(11)14/h2-3,8-9,17,19H,4-7,10H2,1H3,(H,18,20). The summed E-state index contributed by atoms with van der Waals surface area (Å²) >= 11 is 6.01. The summed E-state index contributed by atoms with van der Waals surface area (Å²) in [7, 11) is 1.63. The summed E-state index contributed by atoms with van der Waals surface area (Å²) in [5.41, 5.74) is 2.21. The number of nitrogens with one attached hydrogen (secondary N) is 3. The van der Waals surface area contributed by atoms with Gasteiger partial charge in [-0.15, -0.1) is 0 Å². The molecule has 3 N–H and O–H groups in total. The molecule has 1 heterocycles. The summed E-state index contributed by atoms with van der Waals surface area (Å²) in [6.45, 7) is 2.18. The Balaban J connectivity index is 1.77. The largest absolute Gasteiger partial charge is 0.383 e. The number of halogens is 1. The van der Waals surface area contributed by atoms with Gasteiger partial charge < -0.3 is 20.4 Å². The van der Waals surface area contributed by atoms with Gasteiger partial charge in [0.05, 0.1) is 13.2 Å². The van der Waals surface area contributed by atoms with E-state index < -0.39 is 0 Å². The topological polar surface area (TPSA) is 66.2 Å². The molecule has 21 heavy (non-hydrogen) atoms. The number of aromatic amines is 1. The van der Waals surface area contributed by atoms with E-state index in [0.29, 0.717) is 26.2 Å². The molecule has 1 amide bonds. The molecule has 0 saturated heterocycles. The number of ether oxygens (including phenoxy) is 1. The van der Waals surface area contributed by atoms with Gasteiger partial charge >= 0.3 is 0 Å². The number of rotatable bonds is 8. The minimum Gasteiger partial charge on any atom is -0.383 e. The smallest absolute Gasteiger partial charge is 0.233 e. The summed E-state index contributed by atoms with van der Waals surface area (Å²) in [5.74, 6) is -0.0102. The summed E-state index contributed by atoms with van der Waals surface area (Å²) in [5, 5.41) is 7.72. The van der Waals surface area contributed by atoms with Gasteiger partial charge in [-0.1, -0.05) is 11.6 Å². The lowest BCUT2D eigenvalue weighted by molar-refractivity contribution is -0.120. The van der Waals surface area contributed by atoms with Crippen molar-refractivity contribution in [3.63, 3.8) is 0 Å². The maximum absolute atomic E-state index is 11.6. The van der Waals surface area contributed by atoms with Crippen molar-refractivity contribution in [1.29, 1.82) is 0 Å². The zero-order valence-electron chi connectivity index (χ0n) is 12.0. The van der Waals surface area contributed by atoms with Crippen LogP contribution in [0.15, 0.2) is 24.4 Å². The Bertz CT molecular complexity index is 598. The molecule has 1 aromatic carbocycles. The minimum atomic E-state index is -0.0102. The molecule has 6 heteroatoms. The van der Waals surface area contributed by atoms with Crippen LogP contribution in [-0.2, 0) is 16.0 Å². The number of benzene rings is 1. The minimum absolute atomic E-state index is 0.0102. The Kier molecular flexibility index (Phi) is 6.04. The highest BCUT2D eigenvalue weighted by Crippen LogP contribution is 2.22. The highest BCUT2D eigenvalue weighted by Gasteiger charge is 2.05. The fraction of sp³-hybridized carbons (Fsp3) is 0.400. The Morgan fingerprint density at radius 2 is 2.24 bits per heavy atom. The van der Waals surface area contributed by atoms with Crippen molar-refractivity contribution >= 4 is 28.4 Å². The zero-order valence-corrected chi connectivity index (χ0v) is 12.8. The molecule has 0 aliphatic carbocycles. The van der Waals surface area contributed by atoms with Crippen molar-refractivity contribution in [3.05, 3.63) is 35.0 Å². The van der Waals surface area contributed by atoms with Gasteiger partial charge in [0.2, 0.25) is 5.91 Å². The maximum Gasteiger partial charge on any atom is 0.233 e. The molecule has 114 valence electrons. The van der Waals surface area contributed by atoms with Crippen molar-refractivity contribution in [1.82, 2.24) is 15.6 Å². The average Bonchev–Trinajstić information content (AvgIpc) is 2.86. The summed E-state index contributed by atoms with van der Waals surface area (Å²) in [4.78, 5) is 14.8. The third-order valence-corrected chi connectivity index (χ3v) is 3.45. The number of hydrogen-bond acceptors (Lipinski definition) is 3. The number of hydrogen-bond donors (Lipinski definition) is 3. The number of methoxy groups -OCH3 is 1. The number of carbonyl (C=O) groups excluding carboxylic acids is 1. The molecule has 0 radical (unpaired) electrons. The van der Waals surface area contributed by atoms with Crippen LogP contribution in [0.1, 0.15) is 5.56 Å². The van der Waals surface area contributed by atoms with Crippen molar-refractivity contribution in [3.8, 4) is 0 Å². The van der Waals surface area contributed by atoms with Gasteiger partial charge in [0.1, 0.15) is 0 Å². The van der Waals surface area contributed by atoms with Crippen LogP contribution in [0.25, 0.3) is 10.9 Å². The van der Waals surface area contributed by atoms with E-state index in [1.807, 2.05) is 24.4 Å². The Hall–Kier alpha value is -1.56. The van der Waals surface area contributed by atoms with Crippen LogP contribution in [0.4, 0.5) is 0 Å². The molecule has 0 spiro atoms. The fourth-order valence-corrected chi connectivity index (χ4v) is 2.30. The number of fused-ring (bicyclic) bond motifs is 1. The third-order valence-electron chi connectivity index (χ3n) is 3.21. The normalized spacial score (nSPS) is 11.0. The molecule has 0 atom stereocenters. The predicted molar refractivity (Wildman–Crippen MR) is 84.8 cm³/mol. The van der Waals surface area contributed by atoms with E-state index in [1.165, 1.54) is 0 Å². The van der Waals surface area contributed by atoms with Gasteiger partial charge in [0.25, 0.3) is 0 Å². The highest BCUT2D eigenvalue weighted by molar-refractivity contribution is 6.31. The van der Waals surface area contributed by atoms with E-state index in [9.17, 15) is 4.79 Å².